The lowest BCUT2D eigenvalue weighted by Gasteiger charge is -2.10. The zero-order valence-corrected chi connectivity index (χ0v) is 9.49. The van der Waals surface area contributed by atoms with Gasteiger partial charge in [0.25, 0.3) is 0 Å². The zero-order chi connectivity index (χ0) is 12.4. The van der Waals surface area contributed by atoms with Crippen LogP contribution in [0.1, 0.15) is 12.0 Å². The molecule has 17 heavy (non-hydrogen) atoms. The molecule has 1 heterocycles. The Balaban J connectivity index is 2.03. The van der Waals surface area contributed by atoms with E-state index >= 15 is 0 Å². The largest absolute Gasteiger partial charge is 0.508 e. The van der Waals surface area contributed by atoms with Crippen molar-refractivity contribution in [1.82, 2.24) is 5.32 Å². The minimum atomic E-state index is -0.309. The van der Waals surface area contributed by atoms with Crippen molar-refractivity contribution < 1.29 is 14.7 Å². The molecule has 0 aromatic heterocycles. The van der Waals surface area contributed by atoms with Gasteiger partial charge in [0.15, 0.2) is 0 Å². The van der Waals surface area contributed by atoms with Gasteiger partial charge in [-0.1, -0.05) is 0 Å². The maximum Gasteiger partial charge on any atom is 0.229 e. The maximum absolute atomic E-state index is 11.8. The first-order valence-corrected chi connectivity index (χ1v) is 5.43. The first-order valence-electron chi connectivity index (χ1n) is 5.43. The summed E-state index contributed by atoms with van der Waals surface area (Å²) >= 11 is 0. The fraction of sp³-hybridized carbons (Fsp3) is 0.333. The third-order valence-electron chi connectivity index (χ3n) is 2.81. The zero-order valence-electron chi connectivity index (χ0n) is 9.49. The van der Waals surface area contributed by atoms with Crippen LogP contribution in [0.2, 0.25) is 0 Å². The van der Waals surface area contributed by atoms with Crippen molar-refractivity contribution in [2.45, 2.75) is 13.3 Å². The van der Waals surface area contributed by atoms with E-state index in [-0.39, 0.29) is 29.9 Å². The number of phenols is 1. The summed E-state index contributed by atoms with van der Waals surface area (Å²) in [6.07, 6.45) is 0.239. The molecule has 5 heteroatoms. The molecule has 0 aliphatic carbocycles. The van der Waals surface area contributed by atoms with E-state index in [0.717, 1.165) is 0 Å². The summed E-state index contributed by atoms with van der Waals surface area (Å²) in [5.41, 5.74) is 1.33. The number of hydrogen-bond acceptors (Lipinski definition) is 3. The van der Waals surface area contributed by atoms with Crippen LogP contribution in [-0.4, -0.2) is 23.5 Å². The lowest BCUT2D eigenvalue weighted by molar-refractivity contribution is -0.123. The van der Waals surface area contributed by atoms with Crippen LogP contribution in [0.4, 0.5) is 5.69 Å². The smallest absolute Gasteiger partial charge is 0.229 e. The second kappa shape index (κ2) is 4.45. The number of anilines is 1. The Morgan fingerprint density at radius 1 is 1.53 bits per heavy atom. The van der Waals surface area contributed by atoms with Crippen LogP contribution in [0, 0.1) is 12.8 Å². The number of nitrogens with one attached hydrogen (secondary N) is 2. The van der Waals surface area contributed by atoms with E-state index in [1.165, 1.54) is 6.07 Å². The summed E-state index contributed by atoms with van der Waals surface area (Å²) in [5, 5.41) is 14.7. The van der Waals surface area contributed by atoms with Crippen LogP contribution in [0.25, 0.3) is 0 Å². The molecule has 0 bridgehead atoms. The lowest BCUT2D eigenvalue weighted by atomic mass is 10.1. The van der Waals surface area contributed by atoms with Crippen LogP contribution >= 0.6 is 0 Å². The fourth-order valence-corrected chi connectivity index (χ4v) is 1.77. The molecule has 0 radical (unpaired) electrons. The van der Waals surface area contributed by atoms with Gasteiger partial charge >= 0.3 is 0 Å². The minimum absolute atomic E-state index is 0.0907. The van der Waals surface area contributed by atoms with Crippen molar-refractivity contribution in [1.29, 1.82) is 0 Å². The van der Waals surface area contributed by atoms with Crippen molar-refractivity contribution >= 4 is 17.5 Å². The molecule has 1 saturated heterocycles. The predicted octanol–water partition coefficient (Wildman–Crippen LogP) is 0.775. The summed E-state index contributed by atoms with van der Waals surface area (Å²) in [4.78, 5) is 22.8. The van der Waals surface area contributed by atoms with Crippen molar-refractivity contribution in [2.24, 2.45) is 5.92 Å². The average molecular weight is 234 g/mol. The van der Waals surface area contributed by atoms with E-state index in [0.29, 0.717) is 17.8 Å². The van der Waals surface area contributed by atoms with Gasteiger partial charge in [-0.2, -0.15) is 0 Å². The van der Waals surface area contributed by atoms with Crippen LogP contribution in [0.3, 0.4) is 0 Å². The number of carbonyl (C=O) groups excluding carboxylic acids is 2. The third kappa shape index (κ3) is 2.55. The molecule has 3 N–H and O–H groups in total. The monoisotopic (exact) mass is 234 g/mol. The molecule has 2 rings (SSSR count). The molecule has 1 aliphatic heterocycles. The quantitative estimate of drug-likeness (QED) is 0.661. The van der Waals surface area contributed by atoms with Gasteiger partial charge < -0.3 is 15.7 Å². The molecule has 1 aromatic carbocycles. The molecule has 5 nitrogen and oxygen atoms in total. The Hall–Kier alpha value is -2.04. The molecular formula is C12H14N2O3. The van der Waals surface area contributed by atoms with Gasteiger partial charge in [0.2, 0.25) is 11.8 Å². The van der Waals surface area contributed by atoms with Gasteiger partial charge in [-0.15, -0.1) is 0 Å². The van der Waals surface area contributed by atoms with E-state index in [1.54, 1.807) is 19.1 Å². The van der Waals surface area contributed by atoms with Crippen molar-refractivity contribution in [3.63, 3.8) is 0 Å². The summed E-state index contributed by atoms with van der Waals surface area (Å²) in [6, 6.07) is 4.85. The summed E-state index contributed by atoms with van der Waals surface area (Å²) in [5.74, 6) is -0.377. The summed E-state index contributed by atoms with van der Waals surface area (Å²) in [7, 11) is 0. The number of aromatic hydroxyl groups is 1. The van der Waals surface area contributed by atoms with E-state index in [9.17, 15) is 14.7 Å². The van der Waals surface area contributed by atoms with Gasteiger partial charge in [-0.05, 0) is 30.7 Å². The van der Waals surface area contributed by atoms with Crippen LogP contribution in [0.15, 0.2) is 18.2 Å². The Kier molecular flexibility index (Phi) is 2.99. The molecule has 1 aliphatic rings. The molecule has 90 valence electrons. The molecule has 1 fully saturated rings. The van der Waals surface area contributed by atoms with E-state index < -0.39 is 0 Å². The first-order chi connectivity index (χ1) is 8.06. The number of rotatable bonds is 2. The van der Waals surface area contributed by atoms with Crippen LogP contribution in [0.5, 0.6) is 5.75 Å². The highest BCUT2D eigenvalue weighted by Crippen LogP contribution is 2.21. The number of benzene rings is 1. The minimum Gasteiger partial charge on any atom is -0.508 e. The Bertz CT molecular complexity index is 471. The Morgan fingerprint density at radius 3 is 2.88 bits per heavy atom. The van der Waals surface area contributed by atoms with Crippen molar-refractivity contribution in [2.75, 3.05) is 11.9 Å². The van der Waals surface area contributed by atoms with Gasteiger partial charge in [-0.3, -0.25) is 9.59 Å². The number of carbonyl (C=O) groups is 2. The molecule has 1 aromatic rings. The van der Waals surface area contributed by atoms with Gasteiger partial charge in [0.1, 0.15) is 5.75 Å². The standard InChI is InChI=1S/C12H14N2O3/c1-7-4-9(2-3-10(7)15)14-12(17)8-5-11(16)13-6-8/h2-4,8,15H,5-6H2,1H3,(H,13,16)(H,14,17). The van der Waals surface area contributed by atoms with Gasteiger partial charge in [-0.25, -0.2) is 0 Å². The number of aryl methyl sites for hydroxylation is 1. The highest BCUT2D eigenvalue weighted by molar-refractivity contribution is 5.97. The fourth-order valence-electron chi connectivity index (χ4n) is 1.77. The van der Waals surface area contributed by atoms with Crippen molar-refractivity contribution in [3.8, 4) is 5.75 Å². The summed E-state index contributed by atoms with van der Waals surface area (Å²) < 4.78 is 0. The molecular weight excluding hydrogens is 220 g/mol. The summed E-state index contributed by atoms with van der Waals surface area (Å²) in [6.45, 7) is 2.15. The highest BCUT2D eigenvalue weighted by Gasteiger charge is 2.27. The molecule has 1 unspecified atom stereocenters. The molecule has 1 atom stereocenters. The molecule has 0 spiro atoms. The first kappa shape index (κ1) is 11.4. The van der Waals surface area contributed by atoms with Gasteiger partial charge in [0, 0.05) is 18.7 Å². The normalized spacial score (nSPS) is 18.9. The Morgan fingerprint density at radius 2 is 2.29 bits per heavy atom. The molecule has 0 saturated carbocycles. The SMILES string of the molecule is Cc1cc(NC(=O)C2CNC(=O)C2)ccc1O. The maximum atomic E-state index is 11.8. The van der Waals surface area contributed by atoms with Gasteiger partial charge in [0.05, 0.1) is 5.92 Å². The van der Waals surface area contributed by atoms with Crippen molar-refractivity contribution in [3.05, 3.63) is 23.8 Å². The van der Waals surface area contributed by atoms with Crippen LogP contribution in [-0.2, 0) is 9.59 Å². The number of hydrogen-bond donors (Lipinski definition) is 3. The highest BCUT2D eigenvalue weighted by atomic mass is 16.3. The van der Waals surface area contributed by atoms with E-state index in [2.05, 4.69) is 10.6 Å². The second-order valence-corrected chi connectivity index (χ2v) is 4.20. The Labute approximate surface area is 98.8 Å². The van der Waals surface area contributed by atoms with E-state index in [4.69, 9.17) is 0 Å². The van der Waals surface area contributed by atoms with E-state index in [1.807, 2.05) is 0 Å². The van der Waals surface area contributed by atoms with Crippen LogP contribution < -0.4 is 10.6 Å². The second-order valence-electron chi connectivity index (χ2n) is 4.20. The number of amides is 2. The third-order valence-corrected chi connectivity index (χ3v) is 2.81. The topological polar surface area (TPSA) is 78.4 Å². The average Bonchev–Trinajstić information content (AvgIpc) is 2.70. The predicted molar refractivity (Wildman–Crippen MR) is 62.6 cm³/mol. The lowest BCUT2D eigenvalue weighted by Crippen LogP contribution is -2.24. The number of phenolic OH excluding ortho intramolecular Hbond substituents is 1. The molecule has 2 amide bonds.